The van der Waals surface area contributed by atoms with Gasteiger partial charge in [0.15, 0.2) is 0 Å². The van der Waals surface area contributed by atoms with Gasteiger partial charge in [0.25, 0.3) is 0 Å². The van der Waals surface area contributed by atoms with Gasteiger partial charge in [0.2, 0.25) is 0 Å². The van der Waals surface area contributed by atoms with Gasteiger partial charge in [-0.1, -0.05) is 44.2 Å². The molecule has 0 heterocycles. The lowest BCUT2D eigenvalue weighted by Gasteiger charge is -2.20. The molecule has 0 saturated heterocycles. The standard InChI is InChI=1S/C13H23N2O2P/c1-3-10-14-18(16,15-11-4-2)17-12-13-8-6-5-7-9-13/h5-9H,3-4,10-12H2,1-2H3,(H2,14,15,16). The quantitative estimate of drug-likeness (QED) is 0.676. The Labute approximate surface area is 110 Å². The molecule has 1 rings (SSSR count). The average molecular weight is 270 g/mol. The van der Waals surface area contributed by atoms with Crippen molar-refractivity contribution in [3.63, 3.8) is 0 Å². The molecule has 1 aromatic rings. The number of benzene rings is 1. The molecule has 0 bridgehead atoms. The minimum Gasteiger partial charge on any atom is -0.301 e. The minimum atomic E-state index is -2.92. The molecule has 0 aliphatic carbocycles. The molecular formula is C13H23N2O2P. The van der Waals surface area contributed by atoms with E-state index in [4.69, 9.17) is 4.52 Å². The zero-order chi connectivity index (χ0) is 13.3. The lowest BCUT2D eigenvalue weighted by atomic mass is 10.2. The molecule has 0 radical (unpaired) electrons. The highest BCUT2D eigenvalue weighted by Crippen LogP contribution is 2.38. The van der Waals surface area contributed by atoms with Crippen LogP contribution >= 0.6 is 7.67 Å². The molecule has 0 unspecified atom stereocenters. The van der Waals surface area contributed by atoms with Crippen LogP contribution < -0.4 is 10.2 Å². The maximum absolute atomic E-state index is 12.5. The summed E-state index contributed by atoms with van der Waals surface area (Å²) in [6.45, 7) is 5.79. The highest BCUT2D eigenvalue weighted by molar-refractivity contribution is 7.54. The molecular weight excluding hydrogens is 247 g/mol. The lowest BCUT2D eigenvalue weighted by molar-refractivity contribution is 0.287. The molecule has 0 aliphatic heterocycles. The van der Waals surface area contributed by atoms with Crippen LogP contribution in [0.4, 0.5) is 0 Å². The van der Waals surface area contributed by atoms with Crippen molar-refractivity contribution in [2.75, 3.05) is 13.1 Å². The number of rotatable bonds is 9. The van der Waals surface area contributed by atoms with Crippen LogP contribution in [-0.4, -0.2) is 13.1 Å². The van der Waals surface area contributed by atoms with Crippen molar-refractivity contribution in [1.29, 1.82) is 0 Å². The molecule has 0 spiro atoms. The summed E-state index contributed by atoms with van der Waals surface area (Å²) in [7, 11) is -2.92. The molecule has 0 aromatic heterocycles. The largest absolute Gasteiger partial charge is 0.341 e. The first-order chi connectivity index (χ1) is 8.70. The Morgan fingerprint density at radius 3 is 2.11 bits per heavy atom. The molecule has 1 aromatic carbocycles. The number of hydrogen-bond acceptors (Lipinski definition) is 2. The molecule has 0 fully saturated rings. The van der Waals surface area contributed by atoms with E-state index in [-0.39, 0.29) is 0 Å². The third kappa shape index (κ3) is 5.78. The molecule has 4 nitrogen and oxygen atoms in total. The fourth-order valence-electron chi connectivity index (χ4n) is 1.40. The van der Waals surface area contributed by atoms with Crippen molar-refractivity contribution in [3.05, 3.63) is 35.9 Å². The summed E-state index contributed by atoms with van der Waals surface area (Å²) < 4.78 is 18.0. The van der Waals surface area contributed by atoms with E-state index in [1.807, 2.05) is 44.2 Å². The van der Waals surface area contributed by atoms with Crippen molar-refractivity contribution in [2.45, 2.75) is 33.3 Å². The van der Waals surface area contributed by atoms with Crippen LogP contribution in [0, 0.1) is 0 Å². The Morgan fingerprint density at radius 2 is 1.61 bits per heavy atom. The maximum Gasteiger partial charge on any atom is 0.341 e. The summed E-state index contributed by atoms with van der Waals surface area (Å²) in [6.07, 6.45) is 1.85. The second-order valence-electron chi connectivity index (χ2n) is 4.13. The van der Waals surface area contributed by atoms with E-state index in [1.54, 1.807) is 0 Å². The van der Waals surface area contributed by atoms with Crippen LogP contribution in [0.5, 0.6) is 0 Å². The topological polar surface area (TPSA) is 50.4 Å². The van der Waals surface area contributed by atoms with Gasteiger partial charge in [-0.3, -0.25) is 4.57 Å². The summed E-state index contributed by atoms with van der Waals surface area (Å²) >= 11 is 0. The van der Waals surface area contributed by atoms with Gasteiger partial charge in [-0.05, 0) is 18.4 Å². The van der Waals surface area contributed by atoms with E-state index in [0.717, 1.165) is 18.4 Å². The monoisotopic (exact) mass is 270 g/mol. The van der Waals surface area contributed by atoms with E-state index in [1.165, 1.54) is 0 Å². The Hall–Kier alpha value is -0.670. The second-order valence-corrected chi connectivity index (χ2v) is 6.12. The smallest absolute Gasteiger partial charge is 0.301 e. The lowest BCUT2D eigenvalue weighted by Crippen LogP contribution is -2.25. The number of hydrogen-bond donors (Lipinski definition) is 2. The third-order valence-corrected chi connectivity index (χ3v) is 4.17. The minimum absolute atomic E-state index is 0.353. The van der Waals surface area contributed by atoms with Gasteiger partial charge in [-0.2, -0.15) is 0 Å². The van der Waals surface area contributed by atoms with Crippen molar-refractivity contribution in [2.24, 2.45) is 0 Å². The summed E-state index contributed by atoms with van der Waals surface area (Å²) in [5.41, 5.74) is 1.02. The van der Waals surface area contributed by atoms with E-state index >= 15 is 0 Å². The molecule has 18 heavy (non-hydrogen) atoms. The summed E-state index contributed by atoms with van der Waals surface area (Å²) in [4.78, 5) is 0. The van der Waals surface area contributed by atoms with Crippen molar-refractivity contribution >= 4 is 7.67 Å². The van der Waals surface area contributed by atoms with Crippen LogP contribution in [0.2, 0.25) is 0 Å². The zero-order valence-corrected chi connectivity index (χ0v) is 12.1. The molecule has 0 atom stereocenters. The Bertz CT molecular complexity index is 359. The highest BCUT2D eigenvalue weighted by atomic mass is 31.2. The van der Waals surface area contributed by atoms with Crippen LogP contribution in [0.25, 0.3) is 0 Å². The van der Waals surface area contributed by atoms with E-state index in [2.05, 4.69) is 10.2 Å². The number of nitrogens with one attached hydrogen (secondary N) is 2. The molecule has 2 N–H and O–H groups in total. The Morgan fingerprint density at radius 1 is 1.06 bits per heavy atom. The predicted octanol–water partition coefficient (Wildman–Crippen LogP) is 3.31. The van der Waals surface area contributed by atoms with Gasteiger partial charge in [0.05, 0.1) is 6.61 Å². The van der Waals surface area contributed by atoms with E-state index in [0.29, 0.717) is 19.7 Å². The summed E-state index contributed by atoms with van der Waals surface area (Å²) in [5, 5.41) is 5.95. The molecule has 102 valence electrons. The average Bonchev–Trinajstić information content (AvgIpc) is 2.42. The van der Waals surface area contributed by atoms with Crippen LogP contribution in [0.3, 0.4) is 0 Å². The second kappa shape index (κ2) is 8.44. The first-order valence-electron chi connectivity index (χ1n) is 6.49. The zero-order valence-electron chi connectivity index (χ0n) is 11.2. The molecule has 5 heteroatoms. The highest BCUT2D eigenvalue weighted by Gasteiger charge is 2.20. The van der Waals surface area contributed by atoms with Gasteiger partial charge in [0.1, 0.15) is 0 Å². The van der Waals surface area contributed by atoms with E-state index in [9.17, 15) is 4.57 Å². The van der Waals surface area contributed by atoms with Crippen LogP contribution in [-0.2, 0) is 15.7 Å². The first kappa shape index (κ1) is 15.4. The van der Waals surface area contributed by atoms with Gasteiger partial charge in [-0.15, -0.1) is 0 Å². The molecule has 0 saturated carbocycles. The van der Waals surface area contributed by atoms with Crippen LogP contribution in [0.1, 0.15) is 32.3 Å². The fourth-order valence-corrected chi connectivity index (χ4v) is 3.07. The maximum atomic E-state index is 12.5. The predicted molar refractivity (Wildman–Crippen MR) is 75.4 cm³/mol. The fraction of sp³-hybridized carbons (Fsp3) is 0.538. The normalized spacial score (nSPS) is 11.7. The van der Waals surface area contributed by atoms with Gasteiger partial charge in [-0.25, -0.2) is 10.2 Å². The van der Waals surface area contributed by atoms with Crippen molar-refractivity contribution in [3.8, 4) is 0 Å². The van der Waals surface area contributed by atoms with Crippen LogP contribution in [0.15, 0.2) is 30.3 Å². The van der Waals surface area contributed by atoms with Gasteiger partial charge in [0, 0.05) is 13.1 Å². The SMILES string of the molecule is CCCNP(=O)(NCCC)OCc1ccccc1. The third-order valence-electron chi connectivity index (χ3n) is 2.40. The summed E-state index contributed by atoms with van der Waals surface area (Å²) in [6, 6.07) is 9.77. The Balaban J connectivity index is 2.52. The first-order valence-corrected chi connectivity index (χ1v) is 8.11. The Kier molecular flexibility index (Phi) is 7.21. The molecule has 0 amide bonds. The summed E-state index contributed by atoms with van der Waals surface area (Å²) in [5.74, 6) is 0. The van der Waals surface area contributed by atoms with Gasteiger partial charge < -0.3 is 4.52 Å². The van der Waals surface area contributed by atoms with Crippen molar-refractivity contribution in [1.82, 2.24) is 10.2 Å². The molecule has 0 aliphatic rings. The van der Waals surface area contributed by atoms with Gasteiger partial charge >= 0.3 is 7.67 Å². The van der Waals surface area contributed by atoms with Crippen molar-refractivity contribution < 1.29 is 9.09 Å². The van der Waals surface area contributed by atoms with E-state index < -0.39 is 7.67 Å².